The first-order valence-corrected chi connectivity index (χ1v) is 12.8. The van der Waals surface area contributed by atoms with E-state index in [4.69, 9.17) is 10.2 Å². The molecule has 8 rings (SSSR count). The summed E-state index contributed by atoms with van der Waals surface area (Å²) < 4.78 is 2.28. The highest BCUT2D eigenvalue weighted by Crippen LogP contribution is 2.42. The van der Waals surface area contributed by atoms with E-state index < -0.39 is 0 Å². The lowest BCUT2D eigenvalue weighted by atomic mass is 9.84. The van der Waals surface area contributed by atoms with Crippen molar-refractivity contribution in [3.63, 3.8) is 0 Å². The largest absolute Gasteiger partial charge is 0.281 e. The van der Waals surface area contributed by atoms with Crippen LogP contribution in [0.25, 0.3) is 39.4 Å². The van der Waals surface area contributed by atoms with Crippen LogP contribution in [0.2, 0.25) is 0 Å². The first kappa shape index (κ1) is 20.4. The third-order valence-electron chi connectivity index (χ3n) is 7.83. The van der Waals surface area contributed by atoms with E-state index in [1.54, 1.807) is 0 Å². The summed E-state index contributed by atoms with van der Waals surface area (Å²) in [5.74, 6) is 1.91. The lowest BCUT2D eigenvalue weighted by Crippen LogP contribution is -2.14. The number of hydrogen-bond acceptors (Lipinski definition) is 2. The number of nitrogens with zero attached hydrogens (tertiary/aromatic N) is 3. The van der Waals surface area contributed by atoms with Crippen LogP contribution in [0.5, 0.6) is 0 Å². The quantitative estimate of drug-likeness (QED) is 0.262. The monoisotopic (exact) mass is 473 g/mol. The van der Waals surface area contributed by atoms with E-state index in [-0.39, 0.29) is 11.8 Å². The van der Waals surface area contributed by atoms with Gasteiger partial charge in [-0.25, -0.2) is 0 Å². The van der Waals surface area contributed by atoms with Crippen molar-refractivity contribution in [2.24, 2.45) is 0 Å². The average Bonchev–Trinajstić information content (AvgIpc) is 3.39. The van der Waals surface area contributed by atoms with Crippen LogP contribution in [0.3, 0.4) is 0 Å². The van der Waals surface area contributed by atoms with Crippen molar-refractivity contribution >= 4 is 33.7 Å². The van der Waals surface area contributed by atoms with Gasteiger partial charge in [0.05, 0.1) is 11.8 Å². The van der Waals surface area contributed by atoms with Gasteiger partial charge in [0.25, 0.3) is 0 Å². The van der Waals surface area contributed by atoms with Gasteiger partial charge in [-0.05, 0) is 55.9 Å². The molecule has 0 fully saturated rings. The zero-order chi connectivity index (χ0) is 24.3. The van der Waals surface area contributed by atoms with E-state index in [0.717, 1.165) is 17.3 Å². The van der Waals surface area contributed by atoms with Gasteiger partial charge in [0.2, 0.25) is 0 Å². The molecular weight excluding hydrogens is 450 g/mol. The molecule has 0 bridgehead atoms. The summed E-state index contributed by atoms with van der Waals surface area (Å²) in [5.41, 5.74) is 6.15. The van der Waals surface area contributed by atoms with Crippen molar-refractivity contribution in [3.05, 3.63) is 149 Å². The number of rotatable bonds is 3. The van der Waals surface area contributed by atoms with E-state index in [1.807, 2.05) is 0 Å². The van der Waals surface area contributed by atoms with Gasteiger partial charge in [-0.15, -0.1) is 10.2 Å². The fourth-order valence-corrected chi connectivity index (χ4v) is 6.21. The second-order valence-electron chi connectivity index (χ2n) is 9.85. The van der Waals surface area contributed by atoms with Gasteiger partial charge in [-0.2, -0.15) is 0 Å². The summed E-state index contributed by atoms with van der Waals surface area (Å²) in [4.78, 5) is 0. The lowest BCUT2D eigenvalue weighted by Gasteiger charge is -2.24. The molecule has 3 heteroatoms. The lowest BCUT2D eigenvalue weighted by molar-refractivity contribution is 0.801. The van der Waals surface area contributed by atoms with Gasteiger partial charge in [0, 0.05) is 5.69 Å². The highest BCUT2D eigenvalue weighted by molar-refractivity contribution is 5.97. The first-order chi connectivity index (χ1) is 18.4. The SMILES string of the molecule is C1=CC(c2nnc(C3C=Cc4cccc5cccc3c45)n2-c2ccccc2)c2cccc3cccc1c23. The molecule has 0 saturated heterocycles. The van der Waals surface area contributed by atoms with Crippen molar-refractivity contribution in [1.82, 2.24) is 14.8 Å². The number of aromatic nitrogens is 3. The summed E-state index contributed by atoms with van der Waals surface area (Å²) in [6.07, 6.45) is 9.02. The standard InChI is InChI=1S/C34H23N3/c1-2-14-26(15-3-1)37-33(29-20-18-24-10-4-8-22-12-6-16-27(29)31(22)24)35-36-34(37)30-21-19-25-11-5-9-23-13-7-17-28(30)32(23)25/h1-21,29-30H. The van der Waals surface area contributed by atoms with Crippen molar-refractivity contribution < 1.29 is 0 Å². The topological polar surface area (TPSA) is 30.7 Å². The van der Waals surface area contributed by atoms with Crippen molar-refractivity contribution in [2.75, 3.05) is 0 Å². The van der Waals surface area contributed by atoms with Gasteiger partial charge in [-0.1, -0.05) is 115 Å². The zero-order valence-corrected chi connectivity index (χ0v) is 20.1. The van der Waals surface area contributed by atoms with Crippen molar-refractivity contribution in [3.8, 4) is 5.69 Å². The molecular formula is C34H23N3. The first-order valence-electron chi connectivity index (χ1n) is 12.8. The number of allylic oxidation sites excluding steroid dienone is 2. The summed E-state index contributed by atoms with van der Waals surface area (Å²) in [7, 11) is 0. The van der Waals surface area contributed by atoms with Crippen LogP contribution in [0.4, 0.5) is 0 Å². The predicted octanol–water partition coefficient (Wildman–Crippen LogP) is 7.89. The molecule has 1 heterocycles. The summed E-state index contributed by atoms with van der Waals surface area (Å²) in [6.45, 7) is 0. The van der Waals surface area contributed by atoms with Gasteiger partial charge >= 0.3 is 0 Å². The van der Waals surface area contributed by atoms with Crippen LogP contribution in [0.15, 0.2) is 115 Å². The maximum Gasteiger partial charge on any atom is 0.149 e. The van der Waals surface area contributed by atoms with Crippen LogP contribution in [-0.2, 0) is 0 Å². The molecule has 0 saturated carbocycles. The van der Waals surface area contributed by atoms with Crippen LogP contribution in [0, 0.1) is 0 Å². The molecule has 5 aromatic carbocycles. The Bertz CT molecular complexity index is 1760. The molecule has 0 radical (unpaired) electrons. The van der Waals surface area contributed by atoms with E-state index in [1.165, 1.54) is 43.8 Å². The molecule has 6 aromatic rings. The molecule has 2 aliphatic carbocycles. The molecule has 2 unspecified atom stereocenters. The molecule has 2 atom stereocenters. The van der Waals surface area contributed by atoms with Crippen LogP contribution in [-0.4, -0.2) is 14.8 Å². The smallest absolute Gasteiger partial charge is 0.149 e. The Balaban J connectivity index is 1.37. The Morgan fingerprint density at radius 1 is 0.486 bits per heavy atom. The third kappa shape index (κ3) is 3.01. The minimum absolute atomic E-state index is 0.00991. The molecule has 1 aromatic heterocycles. The summed E-state index contributed by atoms with van der Waals surface area (Å²) in [5, 5.41) is 14.9. The predicted molar refractivity (Wildman–Crippen MR) is 151 cm³/mol. The highest BCUT2D eigenvalue weighted by atomic mass is 15.3. The van der Waals surface area contributed by atoms with E-state index in [2.05, 4.69) is 132 Å². The second-order valence-corrected chi connectivity index (χ2v) is 9.85. The third-order valence-corrected chi connectivity index (χ3v) is 7.83. The maximum absolute atomic E-state index is 4.90. The Kier molecular flexibility index (Phi) is 4.35. The number of benzene rings is 5. The average molecular weight is 474 g/mol. The van der Waals surface area contributed by atoms with Gasteiger partial charge < -0.3 is 0 Å². The molecule has 174 valence electrons. The fourth-order valence-electron chi connectivity index (χ4n) is 6.21. The minimum Gasteiger partial charge on any atom is -0.281 e. The Labute approximate surface area is 215 Å². The minimum atomic E-state index is 0.00991. The molecule has 2 aliphatic rings. The highest BCUT2D eigenvalue weighted by Gasteiger charge is 2.30. The van der Waals surface area contributed by atoms with Gasteiger partial charge in [0.1, 0.15) is 11.6 Å². The summed E-state index contributed by atoms with van der Waals surface area (Å²) >= 11 is 0. The van der Waals surface area contributed by atoms with Crippen LogP contribution >= 0.6 is 0 Å². The Hall–Kier alpha value is -4.76. The number of hydrogen-bond donors (Lipinski definition) is 0. The number of para-hydroxylation sites is 1. The van der Waals surface area contributed by atoms with Crippen molar-refractivity contribution in [2.45, 2.75) is 11.8 Å². The molecule has 3 nitrogen and oxygen atoms in total. The van der Waals surface area contributed by atoms with Crippen molar-refractivity contribution in [1.29, 1.82) is 0 Å². The van der Waals surface area contributed by atoms with E-state index >= 15 is 0 Å². The zero-order valence-electron chi connectivity index (χ0n) is 20.1. The molecule has 0 aliphatic heterocycles. The molecule has 0 amide bonds. The molecule has 0 spiro atoms. The van der Waals surface area contributed by atoms with E-state index in [9.17, 15) is 0 Å². The van der Waals surface area contributed by atoms with Gasteiger partial charge in [-0.3, -0.25) is 4.57 Å². The van der Waals surface area contributed by atoms with Crippen LogP contribution in [0.1, 0.15) is 45.7 Å². The molecule has 37 heavy (non-hydrogen) atoms. The maximum atomic E-state index is 4.90. The van der Waals surface area contributed by atoms with Crippen LogP contribution < -0.4 is 0 Å². The summed E-state index contributed by atoms with van der Waals surface area (Å²) in [6, 6.07) is 36.7. The Morgan fingerprint density at radius 3 is 1.49 bits per heavy atom. The molecule has 0 N–H and O–H groups in total. The fraction of sp³-hybridized carbons (Fsp3) is 0.0588. The van der Waals surface area contributed by atoms with Gasteiger partial charge in [0.15, 0.2) is 0 Å². The Morgan fingerprint density at radius 2 is 0.973 bits per heavy atom. The van der Waals surface area contributed by atoms with E-state index in [0.29, 0.717) is 0 Å². The second kappa shape index (κ2) is 7.87. The normalized spacial score (nSPS) is 17.5.